The zero-order valence-corrected chi connectivity index (χ0v) is 22.4. The van der Waals surface area contributed by atoms with E-state index in [1.54, 1.807) is 25.1 Å². The molecule has 8 heteroatoms. The maximum atomic E-state index is 13.1. The van der Waals surface area contributed by atoms with Gasteiger partial charge in [0.25, 0.3) is 5.91 Å². The van der Waals surface area contributed by atoms with Gasteiger partial charge in [0.15, 0.2) is 11.5 Å². The van der Waals surface area contributed by atoms with Gasteiger partial charge in [0.05, 0.1) is 18.8 Å². The molecule has 1 aliphatic carbocycles. The van der Waals surface area contributed by atoms with Crippen LogP contribution < -0.4 is 14.8 Å². The van der Waals surface area contributed by atoms with Crippen molar-refractivity contribution in [1.29, 1.82) is 5.26 Å². The van der Waals surface area contributed by atoms with Crippen LogP contribution in [0.3, 0.4) is 0 Å². The van der Waals surface area contributed by atoms with E-state index >= 15 is 0 Å². The maximum Gasteiger partial charge on any atom is 0.341 e. The zero-order chi connectivity index (χ0) is 26.9. The molecular weight excluding hydrogens is 500 g/mol. The third-order valence-corrected chi connectivity index (χ3v) is 7.27. The summed E-state index contributed by atoms with van der Waals surface area (Å²) in [7, 11) is 0. The molecule has 1 N–H and O–H groups in total. The van der Waals surface area contributed by atoms with Gasteiger partial charge in [-0.25, -0.2) is 4.79 Å². The lowest BCUT2D eigenvalue weighted by molar-refractivity contribution is -0.112. The number of rotatable bonds is 10. The van der Waals surface area contributed by atoms with E-state index in [1.807, 2.05) is 43.3 Å². The van der Waals surface area contributed by atoms with Crippen LogP contribution in [-0.4, -0.2) is 25.1 Å². The van der Waals surface area contributed by atoms with E-state index in [2.05, 4.69) is 5.32 Å². The molecule has 0 atom stereocenters. The number of hydrogen-bond donors (Lipinski definition) is 1. The molecule has 0 unspecified atom stereocenters. The van der Waals surface area contributed by atoms with E-state index in [9.17, 15) is 14.9 Å². The monoisotopic (exact) mass is 530 g/mol. The maximum absolute atomic E-state index is 13.1. The van der Waals surface area contributed by atoms with Crippen LogP contribution in [0.1, 0.15) is 58.6 Å². The molecule has 1 heterocycles. The first-order valence-electron chi connectivity index (χ1n) is 12.7. The molecule has 0 spiro atoms. The summed E-state index contributed by atoms with van der Waals surface area (Å²) in [5.74, 6) is 0.0561. The first-order valence-corrected chi connectivity index (χ1v) is 13.5. The van der Waals surface area contributed by atoms with Gasteiger partial charge in [0.1, 0.15) is 23.3 Å². The van der Waals surface area contributed by atoms with E-state index in [1.165, 1.54) is 17.4 Å². The number of fused-ring (bicyclic) bond motifs is 1. The lowest BCUT2D eigenvalue weighted by Crippen LogP contribution is -2.16. The summed E-state index contributed by atoms with van der Waals surface area (Å²) in [6.07, 6.45) is 5.16. The highest BCUT2D eigenvalue weighted by atomic mass is 32.1. The lowest BCUT2D eigenvalue weighted by atomic mass is 9.95. The minimum atomic E-state index is -0.584. The molecule has 0 saturated heterocycles. The fraction of sp³-hybridized carbons (Fsp3) is 0.300. The normalized spacial score (nSPS) is 12.7. The fourth-order valence-corrected chi connectivity index (χ4v) is 5.57. The van der Waals surface area contributed by atoms with Gasteiger partial charge < -0.3 is 19.5 Å². The predicted octanol–water partition coefficient (Wildman–Crippen LogP) is 6.33. The van der Waals surface area contributed by atoms with Crippen LogP contribution in [0.25, 0.3) is 6.08 Å². The number of ether oxygens (including phenoxy) is 3. The average Bonchev–Trinajstić information content (AvgIpc) is 3.30. The van der Waals surface area contributed by atoms with Crippen LogP contribution >= 0.6 is 11.3 Å². The molecular formula is C30H30N2O5S. The molecule has 196 valence electrons. The molecule has 38 heavy (non-hydrogen) atoms. The summed E-state index contributed by atoms with van der Waals surface area (Å²) in [5, 5.41) is 13.0. The van der Waals surface area contributed by atoms with Crippen molar-refractivity contribution in [3.8, 4) is 17.6 Å². The highest BCUT2D eigenvalue weighted by Gasteiger charge is 2.27. The standard InChI is InChI=1S/C30H30N2O5S/c1-3-35-25-17-21(14-15-24(25)37-19-20-10-6-5-7-11-20)16-22(18-31)28(33)32-29-27(30(34)36-4-2)23-12-8-9-13-26(23)38-29/h5-7,10-11,14-17H,3-4,8-9,12-13,19H2,1-2H3,(H,32,33). The number of hydrogen-bond acceptors (Lipinski definition) is 7. The minimum Gasteiger partial charge on any atom is -0.490 e. The Bertz CT molecular complexity index is 1370. The highest BCUT2D eigenvalue weighted by Crippen LogP contribution is 2.39. The molecule has 2 aromatic carbocycles. The Morgan fingerprint density at radius 1 is 1.03 bits per heavy atom. The second-order valence-electron chi connectivity index (χ2n) is 8.67. The third kappa shape index (κ3) is 6.42. The number of amides is 1. The number of anilines is 1. The van der Waals surface area contributed by atoms with Crippen molar-refractivity contribution in [2.24, 2.45) is 0 Å². The van der Waals surface area contributed by atoms with E-state index < -0.39 is 11.9 Å². The summed E-state index contributed by atoms with van der Waals surface area (Å²) >= 11 is 1.39. The van der Waals surface area contributed by atoms with Crippen LogP contribution in [0.5, 0.6) is 11.5 Å². The number of aryl methyl sites for hydroxylation is 1. The van der Waals surface area contributed by atoms with Gasteiger partial charge in [0.2, 0.25) is 0 Å². The number of carbonyl (C=O) groups is 2. The van der Waals surface area contributed by atoms with Gasteiger partial charge >= 0.3 is 5.97 Å². The molecule has 1 aliphatic rings. The second kappa shape index (κ2) is 12.9. The predicted molar refractivity (Wildman–Crippen MR) is 148 cm³/mol. The summed E-state index contributed by atoms with van der Waals surface area (Å²) in [5.41, 5.74) is 2.91. The number of nitriles is 1. The number of nitrogens with zero attached hydrogens (tertiary/aromatic N) is 1. The van der Waals surface area contributed by atoms with Crippen molar-refractivity contribution in [3.05, 3.63) is 81.2 Å². The quantitative estimate of drug-likeness (QED) is 0.187. The summed E-state index contributed by atoms with van der Waals surface area (Å²) in [6, 6.07) is 17.1. The van der Waals surface area contributed by atoms with E-state index in [0.29, 0.717) is 40.8 Å². The van der Waals surface area contributed by atoms with Gasteiger partial charge in [-0.3, -0.25) is 4.79 Å². The first-order chi connectivity index (χ1) is 18.5. The molecule has 7 nitrogen and oxygen atoms in total. The Morgan fingerprint density at radius 2 is 1.82 bits per heavy atom. The van der Waals surface area contributed by atoms with Gasteiger partial charge in [-0.2, -0.15) is 5.26 Å². The van der Waals surface area contributed by atoms with Gasteiger partial charge in [-0.15, -0.1) is 11.3 Å². The van der Waals surface area contributed by atoms with E-state index in [0.717, 1.165) is 41.7 Å². The molecule has 1 aromatic heterocycles. The Labute approximate surface area is 226 Å². The molecule has 4 rings (SSSR count). The number of esters is 1. The van der Waals surface area contributed by atoms with Crippen LogP contribution in [0.2, 0.25) is 0 Å². The van der Waals surface area contributed by atoms with Crippen LogP contribution in [0.4, 0.5) is 5.00 Å². The lowest BCUT2D eigenvalue weighted by Gasteiger charge is -2.13. The molecule has 0 radical (unpaired) electrons. The van der Waals surface area contributed by atoms with Crippen LogP contribution in [0.15, 0.2) is 54.1 Å². The number of benzene rings is 2. The van der Waals surface area contributed by atoms with Crippen LogP contribution in [-0.2, 0) is 29.0 Å². The van der Waals surface area contributed by atoms with Gasteiger partial charge in [0, 0.05) is 4.88 Å². The molecule has 0 fully saturated rings. The van der Waals surface area contributed by atoms with Crippen molar-refractivity contribution in [1.82, 2.24) is 0 Å². The van der Waals surface area contributed by atoms with Crippen molar-refractivity contribution < 1.29 is 23.8 Å². The van der Waals surface area contributed by atoms with Crippen LogP contribution in [0, 0.1) is 11.3 Å². The Morgan fingerprint density at radius 3 is 2.55 bits per heavy atom. The minimum absolute atomic E-state index is 0.0911. The topological polar surface area (TPSA) is 97.7 Å². The zero-order valence-electron chi connectivity index (χ0n) is 21.5. The van der Waals surface area contributed by atoms with Crippen molar-refractivity contribution in [3.63, 3.8) is 0 Å². The molecule has 1 amide bonds. The average molecular weight is 531 g/mol. The van der Waals surface area contributed by atoms with Crippen molar-refractivity contribution >= 4 is 34.3 Å². The largest absolute Gasteiger partial charge is 0.490 e. The van der Waals surface area contributed by atoms with Crippen molar-refractivity contribution in [2.45, 2.75) is 46.1 Å². The number of nitrogens with one attached hydrogen (secondary N) is 1. The smallest absolute Gasteiger partial charge is 0.341 e. The number of thiophene rings is 1. The highest BCUT2D eigenvalue weighted by molar-refractivity contribution is 7.17. The van der Waals surface area contributed by atoms with Gasteiger partial charge in [-0.1, -0.05) is 36.4 Å². The van der Waals surface area contributed by atoms with Gasteiger partial charge in [-0.05, 0) is 74.4 Å². The third-order valence-electron chi connectivity index (χ3n) is 6.06. The SMILES string of the molecule is CCOC(=O)c1c(NC(=O)C(C#N)=Cc2ccc(OCc3ccccc3)c(OCC)c2)sc2c1CCCC2. The second-order valence-corrected chi connectivity index (χ2v) is 9.78. The van der Waals surface area contributed by atoms with E-state index in [-0.39, 0.29) is 12.2 Å². The summed E-state index contributed by atoms with van der Waals surface area (Å²) < 4.78 is 17.0. The first kappa shape index (κ1) is 27.0. The molecule has 3 aromatic rings. The molecule has 0 bridgehead atoms. The van der Waals surface area contributed by atoms with Crippen molar-refractivity contribution in [2.75, 3.05) is 18.5 Å². The molecule has 0 saturated carbocycles. The fourth-order valence-electron chi connectivity index (χ4n) is 4.30. The summed E-state index contributed by atoms with van der Waals surface area (Å²) in [4.78, 5) is 26.9. The number of carbonyl (C=O) groups excluding carboxylic acids is 2. The van der Waals surface area contributed by atoms with E-state index in [4.69, 9.17) is 14.2 Å². The summed E-state index contributed by atoms with van der Waals surface area (Å²) in [6.45, 7) is 4.68. The Hall–Kier alpha value is -4.09. The Balaban J connectivity index is 1.56. The Kier molecular flexibility index (Phi) is 9.17. The molecule has 0 aliphatic heterocycles.